The van der Waals surface area contributed by atoms with Crippen LogP contribution in [-0.2, 0) is 9.59 Å². The molecule has 1 N–H and O–H groups in total. The van der Waals surface area contributed by atoms with Gasteiger partial charge in [-0.2, -0.15) is 0 Å². The van der Waals surface area contributed by atoms with Crippen molar-refractivity contribution >= 4 is 34.7 Å². The second-order valence-corrected chi connectivity index (χ2v) is 8.19. The molecule has 1 amide bonds. The van der Waals surface area contributed by atoms with Crippen LogP contribution in [0, 0.1) is 20.8 Å². The molecule has 0 saturated carbocycles. The van der Waals surface area contributed by atoms with Gasteiger partial charge in [-0.3, -0.25) is 14.5 Å². The number of ether oxygens (including phenoxy) is 1. The normalized spacial score (nSPS) is 17.8. The van der Waals surface area contributed by atoms with Crippen LogP contribution in [0.2, 0.25) is 5.02 Å². The topological polar surface area (TPSA) is 80.0 Å². The number of hydrogen-bond acceptors (Lipinski definition) is 5. The predicted molar refractivity (Wildman–Crippen MR) is 122 cm³/mol. The third-order valence-electron chi connectivity index (χ3n) is 5.46. The van der Waals surface area contributed by atoms with Crippen molar-refractivity contribution in [3.05, 3.63) is 87.3 Å². The lowest BCUT2D eigenvalue weighted by molar-refractivity contribution is -0.132. The van der Waals surface area contributed by atoms with Crippen LogP contribution in [-0.4, -0.2) is 23.9 Å². The van der Waals surface area contributed by atoms with E-state index in [1.165, 1.54) is 12.0 Å². The van der Waals surface area contributed by atoms with E-state index in [0.29, 0.717) is 33.5 Å². The molecule has 0 aliphatic carbocycles. The standard InChI is InChI=1S/C25H22ClNO5/c1-13-11-14(2)24(31-4)18(12-13)22(28)20-21(19-10-5-15(3)32-19)27(25(30)23(20)29)17-8-6-16(26)7-9-17/h5-12,21,28H,1-4H3/b22-20+. The van der Waals surface area contributed by atoms with Crippen LogP contribution in [0.15, 0.2) is 58.5 Å². The Morgan fingerprint density at radius 2 is 1.75 bits per heavy atom. The lowest BCUT2D eigenvalue weighted by Gasteiger charge is -2.23. The van der Waals surface area contributed by atoms with E-state index in [1.54, 1.807) is 49.4 Å². The van der Waals surface area contributed by atoms with Crippen molar-refractivity contribution < 1.29 is 23.8 Å². The third-order valence-corrected chi connectivity index (χ3v) is 5.71. The Morgan fingerprint density at radius 1 is 1.06 bits per heavy atom. The van der Waals surface area contributed by atoms with Crippen LogP contribution < -0.4 is 9.64 Å². The molecule has 164 valence electrons. The summed E-state index contributed by atoms with van der Waals surface area (Å²) in [5.74, 6) is -0.483. The molecule has 1 atom stereocenters. The average Bonchev–Trinajstić information content (AvgIpc) is 3.29. The minimum absolute atomic E-state index is 0.0670. The molecule has 1 fully saturated rings. The highest BCUT2D eigenvalue weighted by Crippen LogP contribution is 2.44. The Labute approximate surface area is 190 Å². The number of aliphatic hydroxyl groups excluding tert-OH is 1. The van der Waals surface area contributed by atoms with Crippen molar-refractivity contribution in [1.82, 2.24) is 0 Å². The van der Waals surface area contributed by atoms with Gasteiger partial charge in [-0.1, -0.05) is 17.7 Å². The Hall–Kier alpha value is -3.51. The molecule has 1 saturated heterocycles. The fraction of sp³-hybridized carbons (Fsp3) is 0.200. The van der Waals surface area contributed by atoms with E-state index < -0.39 is 17.7 Å². The zero-order chi connectivity index (χ0) is 23.2. The zero-order valence-electron chi connectivity index (χ0n) is 18.1. The predicted octanol–water partition coefficient (Wildman–Crippen LogP) is 5.49. The number of halogens is 1. The number of ketones is 1. The van der Waals surface area contributed by atoms with Crippen molar-refractivity contribution in [2.24, 2.45) is 0 Å². The number of aryl methyl sites for hydroxylation is 3. The summed E-state index contributed by atoms with van der Waals surface area (Å²) in [4.78, 5) is 27.7. The number of furan rings is 1. The van der Waals surface area contributed by atoms with Crippen molar-refractivity contribution in [3.63, 3.8) is 0 Å². The van der Waals surface area contributed by atoms with Gasteiger partial charge in [-0.15, -0.1) is 0 Å². The molecule has 0 radical (unpaired) electrons. The summed E-state index contributed by atoms with van der Waals surface area (Å²) in [7, 11) is 1.49. The molecular formula is C25H22ClNO5. The van der Waals surface area contributed by atoms with Crippen molar-refractivity contribution in [2.45, 2.75) is 26.8 Å². The third kappa shape index (κ3) is 3.56. The quantitative estimate of drug-likeness (QED) is 0.322. The average molecular weight is 452 g/mol. The first-order valence-corrected chi connectivity index (χ1v) is 10.4. The zero-order valence-corrected chi connectivity index (χ0v) is 18.9. The Kier molecular flexibility index (Phi) is 5.57. The number of amides is 1. The van der Waals surface area contributed by atoms with Crippen LogP contribution in [0.3, 0.4) is 0 Å². The summed E-state index contributed by atoms with van der Waals surface area (Å²) < 4.78 is 11.3. The summed E-state index contributed by atoms with van der Waals surface area (Å²) >= 11 is 6.01. The van der Waals surface area contributed by atoms with Gasteiger partial charge in [0.2, 0.25) is 0 Å². The van der Waals surface area contributed by atoms with E-state index in [0.717, 1.165) is 11.1 Å². The van der Waals surface area contributed by atoms with E-state index in [4.69, 9.17) is 20.8 Å². The molecule has 4 rings (SSSR count). The van der Waals surface area contributed by atoms with E-state index >= 15 is 0 Å². The summed E-state index contributed by atoms with van der Waals surface area (Å²) in [6, 6.07) is 12.7. The molecule has 32 heavy (non-hydrogen) atoms. The smallest absolute Gasteiger partial charge is 0.300 e. The van der Waals surface area contributed by atoms with Crippen molar-refractivity contribution in [3.8, 4) is 5.75 Å². The molecule has 6 nitrogen and oxygen atoms in total. The van der Waals surface area contributed by atoms with Gasteiger partial charge in [-0.25, -0.2) is 0 Å². The van der Waals surface area contributed by atoms with Gasteiger partial charge in [0.1, 0.15) is 29.1 Å². The van der Waals surface area contributed by atoms with Crippen molar-refractivity contribution in [1.29, 1.82) is 0 Å². The molecule has 1 aromatic heterocycles. The van der Waals surface area contributed by atoms with Crippen molar-refractivity contribution in [2.75, 3.05) is 12.0 Å². The van der Waals surface area contributed by atoms with Crippen LogP contribution in [0.5, 0.6) is 5.75 Å². The van der Waals surface area contributed by atoms with E-state index in [-0.39, 0.29) is 11.3 Å². The molecule has 7 heteroatoms. The first kappa shape index (κ1) is 21.7. The minimum atomic E-state index is -0.949. The Bertz CT molecular complexity index is 1260. The van der Waals surface area contributed by atoms with Gasteiger partial charge >= 0.3 is 0 Å². The highest BCUT2D eigenvalue weighted by Gasteiger charge is 2.48. The fourth-order valence-corrected chi connectivity index (χ4v) is 4.24. The summed E-state index contributed by atoms with van der Waals surface area (Å²) in [6.07, 6.45) is 0. The SMILES string of the molecule is COc1c(C)cc(C)cc1/C(O)=C1\C(=O)C(=O)N(c2ccc(Cl)cc2)C1c1ccc(C)o1. The monoisotopic (exact) mass is 451 g/mol. The fourth-order valence-electron chi connectivity index (χ4n) is 4.12. The lowest BCUT2D eigenvalue weighted by atomic mass is 9.96. The van der Waals surface area contributed by atoms with Crippen LogP contribution in [0.4, 0.5) is 5.69 Å². The van der Waals surface area contributed by atoms with Crippen LogP contribution in [0.25, 0.3) is 5.76 Å². The number of aliphatic hydroxyl groups is 1. The molecule has 1 aliphatic heterocycles. The number of carbonyl (C=O) groups excluding carboxylic acids is 2. The maximum atomic E-state index is 13.2. The van der Waals surface area contributed by atoms with Gasteiger partial charge in [-0.05, 0) is 74.4 Å². The first-order valence-electron chi connectivity index (χ1n) is 10.0. The number of methoxy groups -OCH3 is 1. The first-order chi connectivity index (χ1) is 15.2. The number of hydrogen-bond donors (Lipinski definition) is 1. The minimum Gasteiger partial charge on any atom is -0.507 e. The number of anilines is 1. The summed E-state index contributed by atoms with van der Waals surface area (Å²) in [5, 5.41) is 11.8. The molecule has 3 aromatic rings. The highest BCUT2D eigenvalue weighted by molar-refractivity contribution is 6.51. The van der Waals surface area contributed by atoms with Gasteiger partial charge in [0.15, 0.2) is 0 Å². The van der Waals surface area contributed by atoms with Gasteiger partial charge < -0.3 is 14.3 Å². The number of rotatable bonds is 4. The maximum absolute atomic E-state index is 13.2. The van der Waals surface area contributed by atoms with E-state index in [2.05, 4.69) is 0 Å². The molecule has 2 heterocycles. The summed E-state index contributed by atoms with van der Waals surface area (Å²) in [6.45, 7) is 5.50. The molecule has 1 unspecified atom stereocenters. The molecule has 2 aromatic carbocycles. The lowest BCUT2D eigenvalue weighted by Crippen LogP contribution is -2.29. The van der Waals surface area contributed by atoms with Crippen LogP contribution >= 0.6 is 11.6 Å². The van der Waals surface area contributed by atoms with Gasteiger partial charge in [0, 0.05) is 10.7 Å². The van der Waals surface area contributed by atoms with E-state index in [9.17, 15) is 14.7 Å². The van der Waals surface area contributed by atoms with Crippen LogP contribution in [0.1, 0.15) is 34.3 Å². The van der Waals surface area contributed by atoms with Gasteiger partial charge in [0.05, 0.1) is 18.2 Å². The second kappa shape index (κ2) is 8.20. The Morgan fingerprint density at radius 3 is 2.34 bits per heavy atom. The molecule has 1 aliphatic rings. The highest BCUT2D eigenvalue weighted by atomic mass is 35.5. The largest absolute Gasteiger partial charge is 0.507 e. The molecular weight excluding hydrogens is 430 g/mol. The van der Waals surface area contributed by atoms with Gasteiger partial charge in [0.25, 0.3) is 11.7 Å². The Balaban J connectivity index is 1.99. The van der Waals surface area contributed by atoms with E-state index in [1.807, 2.05) is 19.9 Å². The maximum Gasteiger partial charge on any atom is 0.300 e. The summed E-state index contributed by atoms with van der Waals surface area (Å²) in [5.41, 5.74) is 2.41. The second-order valence-electron chi connectivity index (χ2n) is 7.76. The number of nitrogens with zero attached hydrogens (tertiary/aromatic N) is 1. The number of carbonyl (C=O) groups is 2. The molecule has 0 spiro atoms. The number of benzene rings is 2. The molecule has 0 bridgehead atoms. The number of Topliss-reactive ketones (excluding diaryl/α,β-unsaturated/α-hetero) is 1.